The topological polar surface area (TPSA) is 105 Å². The average molecular weight is 316 g/mol. The first-order valence-electron chi connectivity index (χ1n) is 6.21. The number of carbonyl (C=O) groups is 2. The minimum Gasteiger partial charge on any atom is -0.478 e. The zero-order valence-corrected chi connectivity index (χ0v) is 12.2. The zero-order valence-electron chi connectivity index (χ0n) is 11.3. The van der Waals surface area contributed by atoms with E-state index in [0.29, 0.717) is 10.7 Å². The number of nitrogens with one attached hydrogen (secondary N) is 1. The number of benzene rings is 1. The van der Waals surface area contributed by atoms with Crippen LogP contribution >= 0.6 is 11.8 Å². The van der Waals surface area contributed by atoms with Crippen LogP contribution in [0.4, 0.5) is 0 Å². The second kappa shape index (κ2) is 7.89. The van der Waals surface area contributed by atoms with Crippen molar-refractivity contribution < 1.29 is 14.7 Å². The lowest BCUT2D eigenvalue weighted by atomic mass is 10.1. The second-order valence-corrected chi connectivity index (χ2v) is 4.95. The predicted octanol–water partition coefficient (Wildman–Crippen LogP) is 1.42. The molecule has 0 unspecified atom stereocenters. The summed E-state index contributed by atoms with van der Waals surface area (Å²) in [6.45, 7) is 0. The molecule has 1 heterocycles. The quantitative estimate of drug-likeness (QED) is 0.361. The van der Waals surface area contributed by atoms with Gasteiger partial charge in [-0.15, -0.1) is 0 Å². The summed E-state index contributed by atoms with van der Waals surface area (Å²) in [7, 11) is 0. The van der Waals surface area contributed by atoms with Crippen molar-refractivity contribution in [3.63, 3.8) is 0 Å². The minimum absolute atomic E-state index is 0.113. The molecule has 0 saturated carbocycles. The number of carboxylic acid groups (broad SMARTS) is 1. The maximum atomic E-state index is 11.6. The molecule has 1 amide bonds. The number of aromatic carboxylic acids is 1. The lowest BCUT2D eigenvalue weighted by Crippen LogP contribution is -2.20. The van der Waals surface area contributed by atoms with Crippen LogP contribution in [0.15, 0.2) is 53.0 Å². The van der Waals surface area contributed by atoms with E-state index in [2.05, 4.69) is 20.5 Å². The Balaban J connectivity index is 1.87. The number of aromatic nitrogens is 2. The summed E-state index contributed by atoms with van der Waals surface area (Å²) in [6.07, 6.45) is 4.48. The van der Waals surface area contributed by atoms with Crippen LogP contribution in [0.3, 0.4) is 0 Å². The number of nitrogens with zero attached hydrogens (tertiary/aromatic N) is 3. The van der Waals surface area contributed by atoms with Gasteiger partial charge in [-0.25, -0.2) is 20.2 Å². The van der Waals surface area contributed by atoms with Crippen molar-refractivity contribution >= 4 is 29.9 Å². The molecule has 0 bridgehead atoms. The van der Waals surface area contributed by atoms with Crippen LogP contribution < -0.4 is 5.43 Å². The Hall–Kier alpha value is -2.74. The van der Waals surface area contributed by atoms with Gasteiger partial charge in [0, 0.05) is 18.0 Å². The highest BCUT2D eigenvalue weighted by molar-refractivity contribution is 7.99. The summed E-state index contributed by atoms with van der Waals surface area (Å²) in [5.74, 6) is -1.27. The lowest BCUT2D eigenvalue weighted by Gasteiger charge is -2.01. The number of hydrazone groups is 1. The summed E-state index contributed by atoms with van der Waals surface area (Å²) in [4.78, 5) is 30.6. The van der Waals surface area contributed by atoms with Crippen molar-refractivity contribution in [2.75, 3.05) is 5.75 Å². The number of amides is 1. The van der Waals surface area contributed by atoms with Crippen molar-refractivity contribution in [3.8, 4) is 0 Å². The molecule has 22 heavy (non-hydrogen) atoms. The summed E-state index contributed by atoms with van der Waals surface area (Å²) in [5, 5.41) is 13.3. The van der Waals surface area contributed by atoms with Gasteiger partial charge in [-0.1, -0.05) is 30.0 Å². The average Bonchev–Trinajstić information content (AvgIpc) is 2.54. The highest BCUT2D eigenvalue weighted by atomic mass is 32.2. The summed E-state index contributed by atoms with van der Waals surface area (Å²) >= 11 is 1.18. The third kappa shape index (κ3) is 4.67. The van der Waals surface area contributed by atoms with Crippen molar-refractivity contribution in [1.29, 1.82) is 0 Å². The highest BCUT2D eigenvalue weighted by Gasteiger charge is 2.07. The van der Waals surface area contributed by atoms with Gasteiger partial charge in [0.25, 0.3) is 5.91 Å². The Labute approximate surface area is 130 Å². The van der Waals surface area contributed by atoms with Crippen LogP contribution in [0.1, 0.15) is 15.9 Å². The normalized spacial score (nSPS) is 10.5. The second-order valence-electron chi connectivity index (χ2n) is 4.01. The van der Waals surface area contributed by atoms with Crippen LogP contribution in [-0.4, -0.2) is 38.9 Å². The lowest BCUT2D eigenvalue weighted by molar-refractivity contribution is -0.118. The molecule has 2 rings (SSSR count). The number of carboxylic acids is 1. The third-order valence-electron chi connectivity index (χ3n) is 2.46. The molecule has 112 valence electrons. The van der Waals surface area contributed by atoms with Gasteiger partial charge in [-0.3, -0.25) is 4.79 Å². The van der Waals surface area contributed by atoms with Gasteiger partial charge in [0.1, 0.15) is 0 Å². The number of carbonyl (C=O) groups excluding carboxylic acids is 1. The van der Waals surface area contributed by atoms with E-state index in [9.17, 15) is 9.59 Å². The Morgan fingerprint density at radius 1 is 1.23 bits per heavy atom. The number of hydrogen-bond acceptors (Lipinski definition) is 6. The minimum atomic E-state index is -1.05. The van der Waals surface area contributed by atoms with Gasteiger partial charge in [-0.05, 0) is 12.1 Å². The molecule has 0 radical (unpaired) electrons. The first-order chi connectivity index (χ1) is 10.7. The van der Waals surface area contributed by atoms with Gasteiger partial charge in [0.15, 0.2) is 5.16 Å². The molecule has 0 aliphatic carbocycles. The Morgan fingerprint density at radius 3 is 2.68 bits per heavy atom. The van der Waals surface area contributed by atoms with Crippen LogP contribution in [0.2, 0.25) is 0 Å². The van der Waals surface area contributed by atoms with Crippen molar-refractivity contribution in [3.05, 3.63) is 53.9 Å². The zero-order chi connectivity index (χ0) is 15.8. The summed E-state index contributed by atoms with van der Waals surface area (Å²) < 4.78 is 0. The molecule has 1 aromatic carbocycles. The molecule has 2 aromatic rings. The van der Waals surface area contributed by atoms with Gasteiger partial charge >= 0.3 is 5.97 Å². The van der Waals surface area contributed by atoms with Gasteiger partial charge in [0.2, 0.25) is 0 Å². The first-order valence-corrected chi connectivity index (χ1v) is 7.19. The van der Waals surface area contributed by atoms with E-state index in [1.54, 1.807) is 36.7 Å². The fourth-order valence-corrected chi connectivity index (χ4v) is 2.10. The third-order valence-corrected chi connectivity index (χ3v) is 3.33. The van der Waals surface area contributed by atoms with E-state index in [4.69, 9.17) is 5.11 Å². The molecule has 0 saturated heterocycles. The van der Waals surface area contributed by atoms with Gasteiger partial charge in [0.05, 0.1) is 17.5 Å². The van der Waals surface area contributed by atoms with Crippen LogP contribution in [-0.2, 0) is 4.79 Å². The molecular formula is C14H12N4O3S. The van der Waals surface area contributed by atoms with Gasteiger partial charge < -0.3 is 5.11 Å². The van der Waals surface area contributed by atoms with E-state index >= 15 is 0 Å². The fraction of sp³-hybridized carbons (Fsp3) is 0.0714. The maximum absolute atomic E-state index is 11.6. The molecule has 7 nitrogen and oxygen atoms in total. The molecule has 2 N–H and O–H groups in total. The first kappa shape index (κ1) is 15.6. The van der Waals surface area contributed by atoms with E-state index in [1.807, 2.05) is 0 Å². The SMILES string of the molecule is O=C(CSc1ncccn1)N/N=C/c1ccccc1C(=O)O. The van der Waals surface area contributed by atoms with Crippen molar-refractivity contribution in [2.24, 2.45) is 5.10 Å². The summed E-state index contributed by atoms with van der Waals surface area (Å²) in [6, 6.07) is 8.07. The highest BCUT2D eigenvalue weighted by Crippen LogP contribution is 2.10. The van der Waals surface area contributed by atoms with E-state index in [-0.39, 0.29) is 17.2 Å². The smallest absolute Gasteiger partial charge is 0.336 e. The number of rotatable bonds is 6. The molecule has 0 atom stereocenters. The predicted molar refractivity (Wildman–Crippen MR) is 81.9 cm³/mol. The van der Waals surface area contributed by atoms with E-state index in [1.165, 1.54) is 24.0 Å². The maximum Gasteiger partial charge on any atom is 0.336 e. The van der Waals surface area contributed by atoms with Crippen LogP contribution in [0, 0.1) is 0 Å². The molecule has 0 aliphatic rings. The molecule has 0 fully saturated rings. The Morgan fingerprint density at radius 2 is 1.95 bits per heavy atom. The Bertz CT molecular complexity index is 691. The molecular weight excluding hydrogens is 304 g/mol. The van der Waals surface area contributed by atoms with Crippen molar-refractivity contribution in [2.45, 2.75) is 5.16 Å². The van der Waals surface area contributed by atoms with Crippen LogP contribution in [0.25, 0.3) is 0 Å². The molecule has 0 spiro atoms. The van der Waals surface area contributed by atoms with E-state index in [0.717, 1.165) is 0 Å². The molecule has 0 aliphatic heterocycles. The monoisotopic (exact) mass is 316 g/mol. The van der Waals surface area contributed by atoms with E-state index < -0.39 is 5.97 Å². The van der Waals surface area contributed by atoms with Crippen LogP contribution in [0.5, 0.6) is 0 Å². The Kier molecular flexibility index (Phi) is 5.61. The number of hydrogen-bond donors (Lipinski definition) is 2. The van der Waals surface area contributed by atoms with Gasteiger partial charge in [-0.2, -0.15) is 5.10 Å². The molecule has 8 heteroatoms. The summed E-state index contributed by atoms with van der Waals surface area (Å²) in [5.41, 5.74) is 2.86. The fourth-order valence-electron chi connectivity index (χ4n) is 1.50. The number of thioether (sulfide) groups is 1. The molecule has 1 aromatic heterocycles. The van der Waals surface area contributed by atoms with Crippen molar-refractivity contribution in [1.82, 2.24) is 15.4 Å². The largest absolute Gasteiger partial charge is 0.478 e. The standard InChI is InChI=1S/C14H12N4O3S/c19-12(9-22-14-15-6-3-7-16-14)18-17-8-10-4-1-2-5-11(10)13(20)21/h1-8H,9H2,(H,18,19)(H,20,21)/b17-8+.